The molecule has 1 aliphatic heterocycles. The van der Waals surface area contributed by atoms with Crippen LogP contribution in [0.25, 0.3) is 0 Å². The SMILES string of the molecule is CN(C)CCNC(=O)CC1CC2(CCN(Cc3ccoc3)CC2)c2ccccc21.O=C(O)C(F)(F)F.O=C(O)C(F)(F)F. The molecule has 1 aromatic heterocycles. The minimum Gasteiger partial charge on any atom is -0.475 e. The topological polar surface area (TPSA) is 123 Å². The largest absolute Gasteiger partial charge is 0.490 e. The number of aliphatic carboxylic acids is 2. The molecule has 4 rings (SSSR count). The van der Waals surface area contributed by atoms with Gasteiger partial charge in [0.15, 0.2) is 0 Å². The van der Waals surface area contributed by atoms with Gasteiger partial charge in [-0.05, 0) is 75.0 Å². The first-order valence-electron chi connectivity index (χ1n) is 13.3. The van der Waals surface area contributed by atoms with Gasteiger partial charge in [-0.15, -0.1) is 0 Å². The lowest BCUT2D eigenvalue weighted by Gasteiger charge is -2.40. The molecule has 2 heterocycles. The van der Waals surface area contributed by atoms with Gasteiger partial charge in [-0.1, -0.05) is 24.3 Å². The highest BCUT2D eigenvalue weighted by molar-refractivity contribution is 5.77. The fourth-order valence-corrected chi connectivity index (χ4v) is 5.18. The van der Waals surface area contributed by atoms with Crippen molar-refractivity contribution in [2.45, 2.75) is 55.9 Å². The Bertz CT molecular complexity index is 1170. The molecule has 1 spiro atoms. The van der Waals surface area contributed by atoms with E-state index >= 15 is 0 Å². The maximum atomic E-state index is 12.5. The molecule has 9 nitrogen and oxygen atoms in total. The Morgan fingerprint density at radius 3 is 2.05 bits per heavy atom. The van der Waals surface area contributed by atoms with E-state index in [1.54, 1.807) is 6.26 Å². The summed E-state index contributed by atoms with van der Waals surface area (Å²) in [5.74, 6) is -4.99. The number of fused-ring (bicyclic) bond motifs is 2. The number of likely N-dealkylation sites (N-methyl/N-ethyl adjacent to an activating group) is 1. The molecule has 1 unspecified atom stereocenters. The molecule has 1 amide bonds. The number of benzene rings is 1. The van der Waals surface area contributed by atoms with E-state index in [0.717, 1.165) is 32.6 Å². The molecule has 1 fully saturated rings. The zero-order valence-corrected chi connectivity index (χ0v) is 23.7. The Hall–Kier alpha value is -3.59. The number of likely N-dealkylation sites (tertiary alicyclic amines) is 1. The lowest BCUT2D eigenvalue weighted by atomic mass is 9.73. The second-order valence-electron chi connectivity index (χ2n) is 10.6. The molecule has 1 aliphatic carbocycles. The molecule has 0 saturated carbocycles. The van der Waals surface area contributed by atoms with Gasteiger partial charge in [0, 0.05) is 31.6 Å². The highest BCUT2D eigenvalue weighted by atomic mass is 19.4. The molecule has 2 aliphatic rings. The maximum Gasteiger partial charge on any atom is 0.490 e. The van der Waals surface area contributed by atoms with Crippen molar-refractivity contribution in [3.63, 3.8) is 0 Å². The van der Waals surface area contributed by atoms with E-state index in [1.165, 1.54) is 29.5 Å². The van der Waals surface area contributed by atoms with Crippen molar-refractivity contribution in [1.29, 1.82) is 0 Å². The number of nitrogens with zero attached hydrogens (tertiary/aromatic N) is 2. The van der Waals surface area contributed by atoms with Crippen LogP contribution in [0.5, 0.6) is 0 Å². The van der Waals surface area contributed by atoms with Crippen LogP contribution < -0.4 is 5.32 Å². The summed E-state index contributed by atoms with van der Waals surface area (Å²) in [6, 6.07) is 10.9. The number of furan rings is 1. The summed E-state index contributed by atoms with van der Waals surface area (Å²) in [6.07, 6.45) is -2.53. The van der Waals surface area contributed by atoms with Gasteiger partial charge < -0.3 is 24.8 Å². The third-order valence-corrected chi connectivity index (χ3v) is 7.21. The van der Waals surface area contributed by atoms with Gasteiger partial charge in [0.2, 0.25) is 5.91 Å². The van der Waals surface area contributed by atoms with Gasteiger partial charge in [-0.25, -0.2) is 9.59 Å². The smallest absolute Gasteiger partial charge is 0.475 e. The van der Waals surface area contributed by atoms with Gasteiger partial charge in [-0.2, -0.15) is 26.3 Å². The van der Waals surface area contributed by atoms with E-state index in [-0.39, 0.29) is 11.3 Å². The fraction of sp³-hybridized carbons (Fsp3) is 0.536. The number of halogens is 6. The van der Waals surface area contributed by atoms with Crippen molar-refractivity contribution in [2.75, 3.05) is 40.3 Å². The van der Waals surface area contributed by atoms with Crippen molar-refractivity contribution in [3.05, 3.63) is 59.5 Å². The lowest BCUT2D eigenvalue weighted by Crippen LogP contribution is -2.41. The molecule has 15 heteroatoms. The van der Waals surface area contributed by atoms with Crippen LogP contribution in [-0.2, 0) is 26.3 Å². The zero-order valence-electron chi connectivity index (χ0n) is 23.7. The van der Waals surface area contributed by atoms with Crippen LogP contribution in [0.4, 0.5) is 26.3 Å². The summed E-state index contributed by atoms with van der Waals surface area (Å²) in [5.41, 5.74) is 4.38. The number of carboxylic acids is 2. The third-order valence-electron chi connectivity index (χ3n) is 7.21. The maximum absolute atomic E-state index is 12.5. The molecule has 0 radical (unpaired) electrons. The minimum atomic E-state index is -5.08. The Labute approximate surface area is 244 Å². The van der Waals surface area contributed by atoms with E-state index in [1.807, 2.05) is 20.4 Å². The van der Waals surface area contributed by atoms with E-state index in [4.69, 9.17) is 24.2 Å². The molecule has 1 aromatic carbocycles. The first-order valence-corrected chi connectivity index (χ1v) is 13.3. The second-order valence-corrected chi connectivity index (χ2v) is 10.6. The number of hydrogen-bond donors (Lipinski definition) is 3. The molecule has 0 bridgehead atoms. The van der Waals surface area contributed by atoms with Crippen molar-refractivity contribution < 1.29 is 55.4 Å². The summed E-state index contributed by atoms with van der Waals surface area (Å²) < 4.78 is 68.7. The van der Waals surface area contributed by atoms with Gasteiger partial charge in [0.1, 0.15) is 0 Å². The van der Waals surface area contributed by atoms with E-state index in [2.05, 4.69) is 45.4 Å². The van der Waals surface area contributed by atoms with Crippen LogP contribution in [-0.4, -0.2) is 90.5 Å². The highest BCUT2D eigenvalue weighted by Gasteiger charge is 2.45. The van der Waals surface area contributed by atoms with Gasteiger partial charge in [-0.3, -0.25) is 9.69 Å². The fourth-order valence-electron chi connectivity index (χ4n) is 5.18. The van der Waals surface area contributed by atoms with Crippen molar-refractivity contribution in [1.82, 2.24) is 15.1 Å². The molecular weight excluding hydrogens is 588 g/mol. The summed E-state index contributed by atoms with van der Waals surface area (Å²) in [5, 5.41) is 17.3. The number of carbonyl (C=O) groups is 3. The Morgan fingerprint density at radius 1 is 1.00 bits per heavy atom. The number of rotatable bonds is 7. The zero-order chi connectivity index (χ0) is 32.4. The van der Waals surface area contributed by atoms with Crippen molar-refractivity contribution in [3.8, 4) is 0 Å². The van der Waals surface area contributed by atoms with Crippen LogP contribution in [0.15, 0.2) is 47.3 Å². The number of carboxylic acid groups (broad SMARTS) is 2. The Balaban J connectivity index is 0.000000384. The van der Waals surface area contributed by atoms with Crippen LogP contribution >= 0.6 is 0 Å². The molecule has 240 valence electrons. The number of carbonyl (C=O) groups excluding carboxylic acids is 1. The molecule has 3 N–H and O–H groups in total. The summed E-state index contributed by atoms with van der Waals surface area (Å²) in [4.78, 5) is 35.0. The second kappa shape index (κ2) is 15.2. The third kappa shape index (κ3) is 11.2. The Morgan fingerprint density at radius 2 is 1.56 bits per heavy atom. The molecule has 2 aromatic rings. The van der Waals surface area contributed by atoms with Gasteiger partial charge >= 0.3 is 24.3 Å². The number of hydrogen-bond acceptors (Lipinski definition) is 6. The van der Waals surface area contributed by atoms with Gasteiger partial charge in [0.05, 0.1) is 12.5 Å². The predicted octanol–water partition coefficient (Wildman–Crippen LogP) is 4.64. The van der Waals surface area contributed by atoms with Crippen LogP contribution in [0.2, 0.25) is 0 Å². The molecule has 43 heavy (non-hydrogen) atoms. The van der Waals surface area contributed by atoms with E-state index in [0.29, 0.717) is 18.9 Å². The average molecular weight is 624 g/mol. The monoisotopic (exact) mass is 623 g/mol. The summed E-state index contributed by atoms with van der Waals surface area (Å²) in [6.45, 7) is 4.76. The number of nitrogens with one attached hydrogen (secondary N) is 1. The highest BCUT2D eigenvalue weighted by Crippen LogP contribution is 2.52. The quantitative estimate of drug-likeness (QED) is 0.382. The number of amides is 1. The first kappa shape index (κ1) is 35.6. The van der Waals surface area contributed by atoms with Crippen molar-refractivity contribution in [2.24, 2.45) is 0 Å². The molecular formula is C28H35F6N3O6. The minimum absolute atomic E-state index is 0.182. The average Bonchev–Trinajstić information content (AvgIpc) is 3.52. The van der Waals surface area contributed by atoms with Gasteiger partial charge in [0.25, 0.3) is 0 Å². The van der Waals surface area contributed by atoms with E-state index in [9.17, 15) is 31.1 Å². The molecule has 1 saturated heterocycles. The van der Waals surface area contributed by atoms with E-state index < -0.39 is 24.3 Å². The summed E-state index contributed by atoms with van der Waals surface area (Å²) >= 11 is 0. The molecule has 1 atom stereocenters. The Kier molecular flexibility index (Phi) is 12.6. The summed E-state index contributed by atoms with van der Waals surface area (Å²) in [7, 11) is 4.06. The lowest BCUT2D eigenvalue weighted by molar-refractivity contribution is -0.193. The normalized spacial score (nSPS) is 17.7. The predicted molar refractivity (Wildman–Crippen MR) is 142 cm³/mol. The first-order chi connectivity index (χ1) is 19.9. The van der Waals surface area contributed by atoms with Crippen molar-refractivity contribution >= 4 is 17.8 Å². The van der Waals surface area contributed by atoms with Crippen LogP contribution in [0, 0.1) is 0 Å². The standard InChI is InChI=1S/C24H33N3O2.2C2HF3O2/c1-26(2)13-10-25-23(28)15-20-16-24(22-6-4-3-5-21(20)22)8-11-27(12-9-24)17-19-7-14-29-18-19;2*3-2(4,5)1(6)7/h3-7,14,18,20H,8-13,15-17H2,1-2H3,(H,25,28);2*(H,6,7). The van der Waals surface area contributed by atoms with Crippen LogP contribution in [0.1, 0.15) is 48.3 Å². The number of piperidine rings is 1. The number of alkyl halides is 6. The van der Waals surface area contributed by atoms with Crippen LogP contribution in [0.3, 0.4) is 0 Å².